The molecule has 130 valence electrons. The highest BCUT2D eigenvalue weighted by molar-refractivity contribution is 5.91. The SMILES string of the molecule is O=C(/C=C/c1ccc(OCc2ccccc2)cc1)NC1CCCNC1. The van der Waals surface area contributed by atoms with Gasteiger partial charge in [-0.25, -0.2) is 0 Å². The minimum Gasteiger partial charge on any atom is -0.489 e. The van der Waals surface area contributed by atoms with Gasteiger partial charge in [0.2, 0.25) is 5.91 Å². The third kappa shape index (κ3) is 5.76. The lowest BCUT2D eigenvalue weighted by molar-refractivity contribution is -0.117. The zero-order valence-corrected chi connectivity index (χ0v) is 14.3. The molecule has 1 unspecified atom stereocenters. The molecule has 1 fully saturated rings. The number of carbonyl (C=O) groups excluding carboxylic acids is 1. The van der Waals surface area contributed by atoms with Crippen LogP contribution in [0.25, 0.3) is 6.08 Å². The highest BCUT2D eigenvalue weighted by Crippen LogP contribution is 2.15. The Morgan fingerprint density at radius 2 is 1.96 bits per heavy atom. The molecular formula is C21H24N2O2. The molecular weight excluding hydrogens is 312 g/mol. The van der Waals surface area contributed by atoms with Crippen molar-refractivity contribution in [2.24, 2.45) is 0 Å². The predicted octanol–water partition coefficient (Wildman–Crippen LogP) is 3.15. The molecule has 1 heterocycles. The second kappa shape index (κ2) is 9.04. The minimum atomic E-state index is -0.0434. The summed E-state index contributed by atoms with van der Waals surface area (Å²) in [4.78, 5) is 12.0. The summed E-state index contributed by atoms with van der Waals surface area (Å²) < 4.78 is 5.76. The third-order valence-corrected chi connectivity index (χ3v) is 4.20. The maximum atomic E-state index is 12.0. The summed E-state index contributed by atoms with van der Waals surface area (Å²) in [7, 11) is 0. The molecule has 1 amide bonds. The van der Waals surface area contributed by atoms with E-state index in [1.54, 1.807) is 6.08 Å². The topological polar surface area (TPSA) is 50.4 Å². The number of ether oxygens (including phenoxy) is 1. The summed E-state index contributed by atoms with van der Waals surface area (Å²) >= 11 is 0. The number of rotatable bonds is 6. The normalized spacial score (nSPS) is 17.4. The van der Waals surface area contributed by atoms with Gasteiger partial charge in [0.25, 0.3) is 0 Å². The van der Waals surface area contributed by atoms with Crippen LogP contribution in [0, 0.1) is 0 Å². The number of piperidine rings is 1. The van der Waals surface area contributed by atoms with Gasteiger partial charge in [0, 0.05) is 18.7 Å². The van der Waals surface area contributed by atoms with E-state index >= 15 is 0 Å². The Hall–Kier alpha value is -2.59. The van der Waals surface area contributed by atoms with Crippen molar-refractivity contribution in [3.8, 4) is 5.75 Å². The quantitative estimate of drug-likeness (QED) is 0.797. The molecule has 1 aliphatic heterocycles. The lowest BCUT2D eigenvalue weighted by Gasteiger charge is -2.23. The zero-order valence-electron chi connectivity index (χ0n) is 14.3. The van der Waals surface area contributed by atoms with Crippen molar-refractivity contribution in [2.75, 3.05) is 13.1 Å². The molecule has 0 bridgehead atoms. The van der Waals surface area contributed by atoms with E-state index in [0.29, 0.717) is 6.61 Å². The van der Waals surface area contributed by atoms with E-state index in [1.807, 2.05) is 60.7 Å². The number of benzene rings is 2. The summed E-state index contributed by atoms with van der Waals surface area (Å²) in [6, 6.07) is 18.1. The molecule has 1 aliphatic rings. The molecule has 0 aliphatic carbocycles. The second-order valence-electron chi connectivity index (χ2n) is 6.23. The first-order chi connectivity index (χ1) is 12.3. The van der Waals surface area contributed by atoms with Crippen molar-refractivity contribution in [2.45, 2.75) is 25.5 Å². The van der Waals surface area contributed by atoms with Crippen LogP contribution in [0.2, 0.25) is 0 Å². The minimum absolute atomic E-state index is 0.0434. The van der Waals surface area contributed by atoms with Crippen molar-refractivity contribution in [1.82, 2.24) is 10.6 Å². The smallest absolute Gasteiger partial charge is 0.244 e. The maximum absolute atomic E-state index is 12.0. The highest BCUT2D eigenvalue weighted by atomic mass is 16.5. The first kappa shape index (κ1) is 17.2. The van der Waals surface area contributed by atoms with Gasteiger partial charge in [-0.15, -0.1) is 0 Å². The summed E-state index contributed by atoms with van der Waals surface area (Å²) in [6.07, 6.45) is 5.57. The van der Waals surface area contributed by atoms with Crippen molar-refractivity contribution in [3.05, 3.63) is 71.8 Å². The van der Waals surface area contributed by atoms with Crippen LogP contribution in [-0.2, 0) is 11.4 Å². The van der Waals surface area contributed by atoms with Crippen LogP contribution in [0.5, 0.6) is 5.75 Å². The summed E-state index contributed by atoms with van der Waals surface area (Å²) in [5.74, 6) is 0.775. The van der Waals surface area contributed by atoms with Crippen LogP contribution in [0.1, 0.15) is 24.0 Å². The largest absolute Gasteiger partial charge is 0.489 e. The second-order valence-corrected chi connectivity index (χ2v) is 6.23. The fraction of sp³-hybridized carbons (Fsp3) is 0.286. The van der Waals surface area contributed by atoms with Crippen molar-refractivity contribution in [1.29, 1.82) is 0 Å². The van der Waals surface area contributed by atoms with Gasteiger partial charge in [0.1, 0.15) is 12.4 Å². The predicted molar refractivity (Wildman–Crippen MR) is 100 cm³/mol. The van der Waals surface area contributed by atoms with E-state index in [1.165, 1.54) is 0 Å². The highest BCUT2D eigenvalue weighted by Gasteiger charge is 2.13. The molecule has 0 radical (unpaired) electrons. The van der Waals surface area contributed by atoms with E-state index in [4.69, 9.17) is 4.74 Å². The first-order valence-corrected chi connectivity index (χ1v) is 8.76. The number of amides is 1. The summed E-state index contributed by atoms with van der Waals surface area (Å²) in [6.45, 7) is 2.45. The molecule has 0 spiro atoms. The molecule has 4 nitrogen and oxygen atoms in total. The third-order valence-electron chi connectivity index (χ3n) is 4.20. The Balaban J connectivity index is 1.47. The van der Waals surface area contributed by atoms with Gasteiger partial charge in [-0.3, -0.25) is 4.79 Å². The Labute approximate surface area is 148 Å². The van der Waals surface area contributed by atoms with Gasteiger partial charge < -0.3 is 15.4 Å². The van der Waals surface area contributed by atoms with Gasteiger partial charge in [-0.2, -0.15) is 0 Å². The van der Waals surface area contributed by atoms with Crippen molar-refractivity contribution in [3.63, 3.8) is 0 Å². The zero-order chi connectivity index (χ0) is 17.3. The fourth-order valence-corrected chi connectivity index (χ4v) is 2.81. The van der Waals surface area contributed by atoms with Gasteiger partial charge in [-0.05, 0) is 48.7 Å². The van der Waals surface area contributed by atoms with Crippen LogP contribution in [0.4, 0.5) is 0 Å². The van der Waals surface area contributed by atoms with E-state index in [9.17, 15) is 4.79 Å². The summed E-state index contributed by atoms with van der Waals surface area (Å²) in [5.41, 5.74) is 2.12. The Bertz CT molecular complexity index is 690. The van der Waals surface area contributed by atoms with E-state index < -0.39 is 0 Å². The van der Waals surface area contributed by atoms with Gasteiger partial charge in [-0.1, -0.05) is 42.5 Å². The Morgan fingerprint density at radius 3 is 2.68 bits per heavy atom. The maximum Gasteiger partial charge on any atom is 0.244 e. The molecule has 4 heteroatoms. The van der Waals surface area contributed by atoms with E-state index in [0.717, 1.165) is 42.8 Å². The first-order valence-electron chi connectivity index (χ1n) is 8.76. The van der Waals surface area contributed by atoms with Gasteiger partial charge in [0.15, 0.2) is 0 Å². The average Bonchev–Trinajstić information content (AvgIpc) is 2.67. The average molecular weight is 336 g/mol. The summed E-state index contributed by atoms with van der Waals surface area (Å²) in [5, 5.41) is 6.32. The number of hydrogen-bond donors (Lipinski definition) is 2. The standard InChI is InChI=1S/C21H24N2O2/c24-21(23-19-7-4-14-22-15-19)13-10-17-8-11-20(12-9-17)25-16-18-5-2-1-3-6-18/h1-3,5-6,8-13,19,22H,4,7,14-16H2,(H,23,24)/b13-10+. The Morgan fingerprint density at radius 1 is 1.16 bits per heavy atom. The van der Waals surface area contributed by atoms with Crippen LogP contribution < -0.4 is 15.4 Å². The van der Waals surface area contributed by atoms with Crippen LogP contribution in [0.15, 0.2) is 60.7 Å². The lowest BCUT2D eigenvalue weighted by atomic mass is 10.1. The van der Waals surface area contributed by atoms with Crippen molar-refractivity contribution >= 4 is 12.0 Å². The van der Waals surface area contributed by atoms with Crippen molar-refractivity contribution < 1.29 is 9.53 Å². The molecule has 2 aromatic rings. The molecule has 1 saturated heterocycles. The van der Waals surface area contributed by atoms with Crippen LogP contribution in [0.3, 0.4) is 0 Å². The van der Waals surface area contributed by atoms with E-state index in [-0.39, 0.29) is 11.9 Å². The van der Waals surface area contributed by atoms with Gasteiger partial charge >= 0.3 is 0 Å². The molecule has 0 saturated carbocycles. The lowest BCUT2D eigenvalue weighted by Crippen LogP contribution is -2.45. The molecule has 1 atom stereocenters. The van der Waals surface area contributed by atoms with E-state index in [2.05, 4.69) is 10.6 Å². The molecule has 3 rings (SSSR count). The van der Waals surface area contributed by atoms with Crippen LogP contribution in [-0.4, -0.2) is 25.0 Å². The monoisotopic (exact) mass is 336 g/mol. The molecule has 25 heavy (non-hydrogen) atoms. The molecule has 0 aromatic heterocycles. The molecule has 2 aromatic carbocycles. The van der Waals surface area contributed by atoms with Gasteiger partial charge in [0.05, 0.1) is 0 Å². The van der Waals surface area contributed by atoms with Crippen LogP contribution >= 0.6 is 0 Å². The number of carbonyl (C=O) groups is 1. The number of nitrogens with one attached hydrogen (secondary N) is 2. The number of hydrogen-bond acceptors (Lipinski definition) is 3. The Kier molecular flexibility index (Phi) is 6.23. The molecule has 2 N–H and O–H groups in total. The fourth-order valence-electron chi connectivity index (χ4n) is 2.81.